The SMILES string of the molecule is CN1CCC(Oc2cc(N3CCCC3)ccc2C(=O)Nc2ccc(F)cc2C(=O)Nc2ncc(Cl)cc2Cl)CC1. The van der Waals surface area contributed by atoms with Crippen LogP contribution in [0.2, 0.25) is 10.0 Å². The summed E-state index contributed by atoms with van der Waals surface area (Å²) in [6.45, 7) is 3.75. The first-order valence-corrected chi connectivity index (χ1v) is 14.0. The number of hydrogen-bond donors (Lipinski definition) is 2. The Bertz CT molecular complexity index is 1410. The molecule has 5 rings (SSSR count). The highest BCUT2D eigenvalue weighted by Gasteiger charge is 2.24. The van der Waals surface area contributed by atoms with E-state index in [0.717, 1.165) is 63.6 Å². The highest BCUT2D eigenvalue weighted by atomic mass is 35.5. The topological polar surface area (TPSA) is 86.8 Å². The molecule has 2 fully saturated rings. The molecule has 0 bridgehead atoms. The molecule has 0 radical (unpaired) electrons. The highest BCUT2D eigenvalue weighted by Crippen LogP contribution is 2.32. The van der Waals surface area contributed by atoms with E-state index < -0.39 is 17.6 Å². The second-order valence-electron chi connectivity index (χ2n) is 10.1. The summed E-state index contributed by atoms with van der Waals surface area (Å²) < 4.78 is 20.6. The van der Waals surface area contributed by atoms with Crippen molar-refractivity contribution < 1.29 is 18.7 Å². The number of aromatic nitrogens is 1. The van der Waals surface area contributed by atoms with E-state index in [1.54, 1.807) is 6.07 Å². The van der Waals surface area contributed by atoms with Gasteiger partial charge in [0.05, 0.1) is 26.9 Å². The molecule has 2 amide bonds. The Labute approximate surface area is 242 Å². The quantitative estimate of drug-likeness (QED) is 0.348. The van der Waals surface area contributed by atoms with Crippen molar-refractivity contribution in [2.75, 3.05) is 48.8 Å². The minimum absolute atomic E-state index is 0.0136. The van der Waals surface area contributed by atoms with Crippen LogP contribution >= 0.6 is 23.2 Å². The molecule has 3 aromatic rings. The molecule has 0 saturated carbocycles. The number of anilines is 3. The summed E-state index contributed by atoms with van der Waals surface area (Å²) >= 11 is 12.0. The van der Waals surface area contributed by atoms with E-state index in [1.165, 1.54) is 24.4 Å². The first-order valence-electron chi connectivity index (χ1n) is 13.2. The predicted octanol–water partition coefficient (Wildman–Crippen LogP) is 6.11. The zero-order chi connectivity index (χ0) is 28.2. The number of carbonyl (C=O) groups excluding carboxylic acids is 2. The van der Waals surface area contributed by atoms with Gasteiger partial charge in [-0.2, -0.15) is 0 Å². The number of hydrogen-bond acceptors (Lipinski definition) is 6. The lowest BCUT2D eigenvalue weighted by Crippen LogP contribution is -2.36. The first kappa shape index (κ1) is 28.1. The standard InChI is InChI=1S/C29H30Cl2FN5O3/c1-36-12-8-21(9-13-36)40-26-16-20(37-10-2-3-11-37)5-6-22(26)28(38)34-25-7-4-19(32)15-23(25)29(39)35-27-24(31)14-18(30)17-33-27/h4-7,14-17,21H,2-3,8-13H2,1H3,(H,34,38)(H,33,35,39). The van der Waals surface area contributed by atoms with Crippen LogP contribution in [0.4, 0.5) is 21.6 Å². The Hall–Kier alpha value is -3.40. The number of carbonyl (C=O) groups is 2. The van der Waals surface area contributed by atoms with Crippen molar-refractivity contribution in [1.82, 2.24) is 9.88 Å². The molecule has 2 aliphatic rings. The van der Waals surface area contributed by atoms with Gasteiger partial charge in [-0.15, -0.1) is 0 Å². The Morgan fingerprint density at radius 1 is 0.950 bits per heavy atom. The molecule has 210 valence electrons. The number of rotatable bonds is 7. The monoisotopic (exact) mass is 585 g/mol. The fraction of sp³-hybridized carbons (Fsp3) is 0.345. The highest BCUT2D eigenvalue weighted by molar-refractivity contribution is 6.36. The van der Waals surface area contributed by atoms with Crippen LogP contribution in [-0.4, -0.2) is 61.0 Å². The third-order valence-electron chi connectivity index (χ3n) is 7.15. The second kappa shape index (κ2) is 12.4. The number of likely N-dealkylation sites (tertiary alicyclic amines) is 1. The molecule has 11 heteroatoms. The van der Waals surface area contributed by atoms with Gasteiger partial charge < -0.3 is 25.2 Å². The van der Waals surface area contributed by atoms with Gasteiger partial charge in [0.1, 0.15) is 17.7 Å². The van der Waals surface area contributed by atoms with E-state index in [9.17, 15) is 14.0 Å². The van der Waals surface area contributed by atoms with Gasteiger partial charge in [0.2, 0.25) is 0 Å². The van der Waals surface area contributed by atoms with E-state index in [0.29, 0.717) is 16.3 Å². The molecule has 0 unspecified atom stereocenters. The van der Waals surface area contributed by atoms with Crippen LogP contribution in [0.5, 0.6) is 5.75 Å². The summed E-state index contributed by atoms with van der Waals surface area (Å²) in [5.41, 5.74) is 1.38. The van der Waals surface area contributed by atoms with Crippen LogP contribution in [0, 0.1) is 5.82 Å². The lowest BCUT2D eigenvalue weighted by atomic mass is 10.1. The Morgan fingerprint density at radius 3 is 2.40 bits per heavy atom. The average molecular weight is 586 g/mol. The molecule has 2 aliphatic heterocycles. The number of piperidine rings is 1. The summed E-state index contributed by atoms with van der Waals surface area (Å²) in [5, 5.41) is 5.75. The first-order chi connectivity index (χ1) is 19.3. The van der Waals surface area contributed by atoms with Crippen LogP contribution in [0.25, 0.3) is 0 Å². The van der Waals surface area contributed by atoms with Gasteiger partial charge in [-0.05, 0) is 69.1 Å². The zero-order valence-corrected chi connectivity index (χ0v) is 23.6. The molecule has 2 N–H and O–H groups in total. The third-order valence-corrected chi connectivity index (χ3v) is 7.65. The summed E-state index contributed by atoms with van der Waals surface area (Å²) in [4.78, 5) is 35.2. The van der Waals surface area contributed by atoms with Crippen molar-refractivity contribution >= 4 is 52.2 Å². The number of pyridine rings is 1. The Kier molecular flexibility index (Phi) is 8.73. The van der Waals surface area contributed by atoms with Gasteiger partial charge in [0, 0.05) is 44.1 Å². The average Bonchev–Trinajstić information content (AvgIpc) is 3.48. The van der Waals surface area contributed by atoms with E-state index in [2.05, 4.69) is 32.5 Å². The third kappa shape index (κ3) is 6.66. The van der Waals surface area contributed by atoms with Crippen molar-refractivity contribution in [2.45, 2.75) is 31.8 Å². The van der Waals surface area contributed by atoms with Crippen molar-refractivity contribution in [3.8, 4) is 5.75 Å². The van der Waals surface area contributed by atoms with E-state index >= 15 is 0 Å². The normalized spacial score (nSPS) is 16.1. The summed E-state index contributed by atoms with van der Waals surface area (Å²) in [6, 6.07) is 10.6. The lowest BCUT2D eigenvalue weighted by molar-refractivity contribution is 0.0989. The van der Waals surface area contributed by atoms with E-state index in [1.807, 2.05) is 12.1 Å². The molecule has 40 heavy (non-hydrogen) atoms. The smallest absolute Gasteiger partial charge is 0.259 e. The fourth-order valence-electron chi connectivity index (χ4n) is 4.93. The minimum Gasteiger partial charge on any atom is -0.489 e. The van der Waals surface area contributed by atoms with Crippen LogP contribution in [0.3, 0.4) is 0 Å². The van der Waals surface area contributed by atoms with Crippen LogP contribution in [-0.2, 0) is 0 Å². The maximum absolute atomic E-state index is 14.2. The van der Waals surface area contributed by atoms with E-state index in [4.69, 9.17) is 27.9 Å². The van der Waals surface area contributed by atoms with Crippen molar-refractivity contribution in [3.05, 3.63) is 75.7 Å². The molecule has 0 atom stereocenters. The lowest BCUT2D eigenvalue weighted by Gasteiger charge is -2.30. The Balaban J connectivity index is 1.40. The molecular weight excluding hydrogens is 556 g/mol. The van der Waals surface area contributed by atoms with Gasteiger partial charge in [-0.3, -0.25) is 9.59 Å². The maximum Gasteiger partial charge on any atom is 0.259 e. The van der Waals surface area contributed by atoms with Crippen molar-refractivity contribution in [1.29, 1.82) is 0 Å². The van der Waals surface area contributed by atoms with Gasteiger partial charge in [-0.25, -0.2) is 9.37 Å². The predicted molar refractivity (Wildman–Crippen MR) is 156 cm³/mol. The number of halogens is 3. The number of nitrogens with one attached hydrogen (secondary N) is 2. The van der Waals surface area contributed by atoms with Gasteiger partial charge in [0.25, 0.3) is 11.8 Å². The molecule has 3 heterocycles. The van der Waals surface area contributed by atoms with Crippen LogP contribution in [0.15, 0.2) is 48.7 Å². The zero-order valence-electron chi connectivity index (χ0n) is 22.1. The van der Waals surface area contributed by atoms with Crippen LogP contribution in [0.1, 0.15) is 46.4 Å². The summed E-state index contributed by atoms with van der Waals surface area (Å²) in [6.07, 6.45) is 5.28. The Morgan fingerprint density at radius 2 is 1.68 bits per heavy atom. The number of benzene rings is 2. The molecule has 0 aliphatic carbocycles. The molecule has 8 nitrogen and oxygen atoms in total. The van der Waals surface area contributed by atoms with Gasteiger partial charge in [0.15, 0.2) is 5.82 Å². The number of nitrogens with zero attached hydrogens (tertiary/aromatic N) is 3. The van der Waals surface area contributed by atoms with Crippen molar-refractivity contribution in [3.63, 3.8) is 0 Å². The second-order valence-corrected chi connectivity index (χ2v) is 10.9. The summed E-state index contributed by atoms with van der Waals surface area (Å²) in [7, 11) is 2.08. The molecule has 0 spiro atoms. The van der Waals surface area contributed by atoms with Crippen LogP contribution < -0.4 is 20.3 Å². The number of amides is 2. The molecule has 2 aromatic carbocycles. The molecular formula is C29H30Cl2FN5O3. The van der Waals surface area contributed by atoms with E-state index in [-0.39, 0.29) is 28.2 Å². The number of ether oxygens (including phenoxy) is 1. The van der Waals surface area contributed by atoms with Gasteiger partial charge >= 0.3 is 0 Å². The van der Waals surface area contributed by atoms with Gasteiger partial charge in [-0.1, -0.05) is 23.2 Å². The largest absolute Gasteiger partial charge is 0.489 e. The fourth-order valence-corrected chi connectivity index (χ4v) is 5.36. The minimum atomic E-state index is -0.696. The summed E-state index contributed by atoms with van der Waals surface area (Å²) in [5.74, 6) is -1.26. The van der Waals surface area contributed by atoms with Crippen molar-refractivity contribution in [2.24, 2.45) is 0 Å². The maximum atomic E-state index is 14.2. The molecule has 1 aromatic heterocycles. The molecule has 2 saturated heterocycles.